The molecule has 0 N–H and O–H groups in total. The third kappa shape index (κ3) is 3.99. The van der Waals surface area contributed by atoms with Gasteiger partial charge in [0.15, 0.2) is 0 Å². The molecule has 0 bridgehead atoms. The second kappa shape index (κ2) is 6.75. The monoisotopic (exact) mass is 496 g/mol. The van der Waals surface area contributed by atoms with Crippen LogP contribution >= 0.6 is 31.9 Å². The van der Waals surface area contributed by atoms with Crippen molar-refractivity contribution in [2.24, 2.45) is 5.41 Å². The van der Waals surface area contributed by atoms with Gasteiger partial charge in [-0.15, -0.1) is 0 Å². The first-order chi connectivity index (χ1) is 11.3. The molecule has 0 amide bonds. The van der Waals surface area contributed by atoms with E-state index < -0.39 is 29.6 Å². The number of allylic oxidation sites excluding steroid dienone is 6. The Morgan fingerprint density at radius 3 is 2.16 bits per heavy atom. The highest BCUT2D eigenvalue weighted by atomic mass is 79.9. The van der Waals surface area contributed by atoms with Gasteiger partial charge in [-0.05, 0) is 56.4 Å². The molecule has 25 heavy (non-hydrogen) atoms. The van der Waals surface area contributed by atoms with Crippen molar-refractivity contribution in [1.29, 1.82) is 0 Å². The van der Waals surface area contributed by atoms with Crippen molar-refractivity contribution in [3.63, 3.8) is 0 Å². The maximum Gasteiger partial charge on any atom is 0.434 e. The zero-order chi connectivity index (χ0) is 19.2. The zero-order valence-corrected chi connectivity index (χ0v) is 15.9. The SMILES string of the molecule is CCC12C=C(OC(C(F)(F)F)C(F)(F)F)CCC1=C(Br)C(=O)C(Br)=C2. The van der Waals surface area contributed by atoms with Gasteiger partial charge in [-0.3, -0.25) is 4.79 Å². The lowest BCUT2D eigenvalue weighted by Crippen LogP contribution is -2.44. The molecule has 2 aliphatic rings. The van der Waals surface area contributed by atoms with Crippen LogP contribution in [-0.4, -0.2) is 24.2 Å². The van der Waals surface area contributed by atoms with Gasteiger partial charge in [0, 0.05) is 11.8 Å². The Bertz CT molecular complexity index is 660. The van der Waals surface area contributed by atoms with Crippen LogP contribution in [0.3, 0.4) is 0 Å². The molecule has 0 saturated heterocycles. The van der Waals surface area contributed by atoms with E-state index in [1.54, 1.807) is 6.92 Å². The van der Waals surface area contributed by atoms with E-state index in [0.717, 1.165) is 0 Å². The summed E-state index contributed by atoms with van der Waals surface area (Å²) in [5.41, 5.74) is -0.355. The molecule has 0 aromatic rings. The number of carbonyl (C=O) groups is 1. The lowest BCUT2D eigenvalue weighted by atomic mass is 9.69. The highest BCUT2D eigenvalue weighted by molar-refractivity contribution is 9.13. The van der Waals surface area contributed by atoms with Gasteiger partial charge in [-0.1, -0.05) is 13.0 Å². The van der Waals surface area contributed by atoms with E-state index >= 15 is 0 Å². The van der Waals surface area contributed by atoms with Gasteiger partial charge in [0.1, 0.15) is 0 Å². The summed E-state index contributed by atoms with van der Waals surface area (Å²) in [6.07, 6.45) is -12.0. The molecule has 0 aliphatic heterocycles. The number of alkyl halides is 6. The molecule has 2 aliphatic carbocycles. The first kappa shape index (κ1) is 20.5. The van der Waals surface area contributed by atoms with Crippen molar-refractivity contribution < 1.29 is 35.9 Å². The van der Waals surface area contributed by atoms with Gasteiger partial charge in [-0.2, -0.15) is 26.3 Å². The van der Waals surface area contributed by atoms with E-state index in [9.17, 15) is 31.1 Å². The van der Waals surface area contributed by atoms with Crippen LogP contribution in [0.5, 0.6) is 0 Å². The van der Waals surface area contributed by atoms with Crippen molar-refractivity contribution in [3.05, 3.63) is 32.4 Å². The molecule has 0 saturated carbocycles. The molecule has 1 unspecified atom stereocenters. The van der Waals surface area contributed by atoms with E-state index in [4.69, 9.17) is 0 Å². The van der Waals surface area contributed by atoms with Crippen molar-refractivity contribution in [3.8, 4) is 0 Å². The first-order valence-corrected chi connectivity index (χ1v) is 8.74. The third-order valence-electron chi connectivity index (χ3n) is 4.12. The summed E-state index contributed by atoms with van der Waals surface area (Å²) in [7, 11) is 0. The number of rotatable bonds is 3. The number of hydrogen-bond donors (Lipinski definition) is 0. The van der Waals surface area contributed by atoms with Gasteiger partial charge < -0.3 is 4.74 Å². The highest BCUT2D eigenvalue weighted by Crippen LogP contribution is 2.51. The maximum absolute atomic E-state index is 12.7. The minimum absolute atomic E-state index is 0.116. The van der Waals surface area contributed by atoms with Crippen LogP contribution < -0.4 is 0 Å². The van der Waals surface area contributed by atoms with Crippen LogP contribution in [0.4, 0.5) is 26.3 Å². The van der Waals surface area contributed by atoms with Crippen LogP contribution in [0.15, 0.2) is 32.4 Å². The van der Waals surface area contributed by atoms with Gasteiger partial charge >= 0.3 is 12.4 Å². The lowest BCUT2D eigenvalue weighted by molar-refractivity contribution is -0.313. The van der Waals surface area contributed by atoms with Crippen LogP contribution in [-0.2, 0) is 9.53 Å². The van der Waals surface area contributed by atoms with Gasteiger partial charge in [-0.25, -0.2) is 0 Å². The largest absolute Gasteiger partial charge is 0.476 e. The minimum Gasteiger partial charge on any atom is -0.476 e. The predicted octanol–water partition coefficient (Wildman–Crippen LogP) is 6.08. The number of ketones is 1. The summed E-state index contributed by atoms with van der Waals surface area (Å²) in [4.78, 5) is 12.0. The molecule has 0 aromatic carbocycles. The minimum atomic E-state index is -5.58. The Kier molecular flexibility index (Phi) is 5.55. The molecule has 0 spiro atoms. The van der Waals surface area contributed by atoms with Gasteiger partial charge in [0.05, 0.1) is 14.7 Å². The summed E-state index contributed by atoms with van der Waals surface area (Å²) in [5.74, 6) is -0.711. The van der Waals surface area contributed by atoms with Crippen molar-refractivity contribution in [1.82, 2.24) is 0 Å². The fourth-order valence-electron chi connectivity index (χ4n) is 2.88. The van der Waals surface area contributed by atoms with E-state index in [0.29, 0.717) is 12.0 Å². The van der Waals surface area contributed by atoms with Gasteiger partial charge in [0.2, 0.25) is 5.78 Å². The molecule has 0 aromatic heterocycles. The topological polar surface area (TPSA) is 26.3 Å². The molecule has 10 heteroatoms. The van der Waals surface area contributed by atoms with E-state index in [1.165, 1.54) is 12.2 Å². The van der Waals surface area contributed by atoms with E-state index in [1.807, 2.05) is 0 Å². The number of ether oxygens (including phenoxy) is 1. The van der Waals surface area contributed by atoms with Crippen LogP contribution in [0.1, 0.15) is 26.2 Å². The van der Waals surface area contributed by atoms with Crippen molar-refractivity contribution >= 4 is 37.6 Å². The second-order valence-electron chi connectivity index (χ2n) is 5.70. The van der Waals surface area contributed by atoms with Gasteiger partial charge in [0.25, 0.3) is 6.10 Å². The number of hydrogen-bond acceptors (Lipinski definition) is 2. The Balaban J connectivity index is 2.45. The first-order valence-electron chi connectivity index (χ1n) is 7.16. The Labute approximate surface area is 156 Å². The molecule has 0 fully saturated rings. The number of carbonyl (C=O) groups excluding carboxylic acids is 1. The van der Waals surface area contributed by atoms with E-state index in [2.05, 4.69) is 36.6 Å². The fourth-order valence-corrected chi connectivity index (χ4v) is 4.54. The molecule has 0 radical (unpaired) electrons. The zero-order valence-electron chi connectivity index (χ0n) is 12.7. The molecule has 140 valence electrons. The summed E-state index contributed by atoms with van der Waals surface area (Å²) < 4.78 is 81.0. The Morgan fingerprint density at radius 1 is 1.12 bits per heavy atom. The summed E-state index contributed by atoms with van der Waals surface area (Å²) >= 11 is 6.26. The normalized spacial score (nSPS) is 25.0. The third-order valence-corrected chi connectivity index (χ3v) is 5.54. The van der Waals surface area contributed by atoms with Crippen LogP contribution in [0.25, 0.3) is 0 Å². The highest BCUT2D eigenvalue weighted by Gasteiger charge is 2.59. The summed E-state index contributed by atoms with van der Waals surface area (Å²) in [6, 6.07) is 0. The lowest BCUT2D eigenvalue weighted by Gasteiger charge is -2.38. The van der Waals surface area contributed by atoms with Crippen LogP contribution in [0, 0.1) is 5.41 Å². The van der Waals surface area contributed by atoms with Crippen molar-refractivity contribution in [2.75, 3.05) is 0 Å². The average Bonchev–Trinajstić information content (AvgIpc) is 2.48. The molecular weight excluding hydrogens is 486 g/mol. The molecule has 2 nitrogen and oxygen atoms in total. The summed E-state index contributed by atoms with van der Waals surface area (Å²) in [6.45, 7) is 1.72. The number of Topliss-reactive ketones (excluding diaryl/α,β-unsaturated/α-hetero) is 1. The summed E-state index contributed by atoms with van der Waals surface area (Å²) in [5, 5.41) is 0. The Morgan fingerprint density at radius 2 is 1.68 bits per heavy atom. The molecule has 1 atom stereocenters. The Hall–Kier alpha value is -0.770. The maximum atomic E-state index is 12.7. The van der Waals surface area contributed by atoms with Crippen LogP contribution in [0.2, 0.25) is 0 Å². The smallest absolute Gasteiger partial charge is 0.434 e. The fraction of sp³-hybridized carbons (Fsp3) is 0.533. The average molecular weight is 498 g/mol. The quantitative estimate of drug-likeness (QED) is 0.442. The number of halogens is 8. The standard InChI is InChI=1S/C15H12Br2F6O2/c1-2-13-5-7(25-12(14(18,19)20)15(21,22)23)3-4-8(13)10(17)11(24)9(16)6-13/h5-6,12H,2-4H2,1H3. The molecule has 2 rings (SSSR count). The number of fused-ring (bicyclic) bond motifs is 1. The molecule has 0 heterocycles. The predicted molar refractivity (Wildman–Crippen MR) is 85.0 cm³/mol. The van der Waals surface area contributed by atoms with Crippen molar-refractivity contribution in [2.45, 2.75) is 44.6 Å². The van der Waals surface area contributed by atoms with E-state index in [-0.39, 0.29) is 27.6 Å². The molecular formula is C15H12Br2F6O2. The second-order valence-corrected chi connectivity index (χ2v) is 7.35.